The summed E-state index contributed by atoms with van der Waals surface area (Å²) in [5.74, 6) is -3.09. The van der Waals surface area contributed by atoms with Crippen LogP contribution in [0.3, 0.4) is 0 Å². The quantitative estimate of drug-likeness (QED) is 0.825. The molecular weight excluding hydrogens is 250 g/mol. The Balaban J connectivity index is 3.07. The number of hydrogen-bond acceptors (Lipinski definition) is 3. The van der Waals surface area contributed by atoms with Crippen LogP contribution < -0.4 is 0 Å². The molecule has 19 heavy (non-hydrogen) atoms. The Labute approximate surface area is 110 Å². The second-order valence-corrected chi connectivity index (χ2v) is 4.20. The first-order valence-corrected chi connectivity index (χ1v) is 5.62. The average Bonchev–Trinajstić information content (AvgIpc) is 2.30. The molecule has 0 unspecified atom stereocenters. The minimum Gasteiger partial charge on any atom is -0.480 e. The van der Waals surface area contributed by atoms with Gasteiger partial charge in [-0.05, 0) is 31.0 Å². The molecule has 0 bridgehead atoms. The van der Waals surface area contributed by atoms with E-state index in [9.17, 15) is 14.4 Å². The highest BCUT2D eigenvalue weighted by atomic mass is 16.4. The first-order valence-electron chi connectivity index (χ1n) is 5.62. The van der Waals surface area contributed by atoms with Gasteiger partial charge in [0.25, 0.3) is 5.91 Å². The molecule has 0 heterocycles. The summed E-state index contributed by atoms with van der Waals surface area (Å²) < 4.78 is 0. The molecule has 1 amide bonds. The fraction of sp³-hybridized carbons (Fsp3) is 0.308. The summed E-state index contributed by atoms with van der Waals surface area (Å²) in [6.07, 6.45) is 0. The maximum Gasteiger partial charge on any atom is 0.323 e. The van der Waals surface area contributed by atoms with Crippen LogP contribution in [0.5, 0.6) is 0 Å². The molecule has 1 aromatic carbocycles. The van der Waals surface area contributed by atoms with E-state index >= 15 is 0 Å². The number of carboxylic acid groups (broad SMARTS) is 2. The molecule has 0 radical (unpaired) electrons. The minimum atomic E-state index is -1.25. The van der Waals surface area contributed by atoms with Gasteiger partial charge in [0.1, 0.15) is 13.1 Å². The number of benzene rings is 1. The lowest BCUT2D eigenvalue weighted by molar-refractivity contribution is -0.140. The van der Waals surface area contributed by atoms with Gasteiger partial charge in [-0.1, -0.05) is 12.1 Å². The Hall–Kier alpha value is -2.37. The zero-order valence-electron chi connectivity index (χ0n) is 10.7. The average molecular weight is 265 g/mol. The summed E-state index contributed by atoms with van der Waals surface area (Å²) in [4.78, 5) is 34.4. The second kappa shape index (κ2) is 5.99. The third-order valence-electron chi connectivity index (χ3n) is 2.77. The van der Waals surface area contributed by atoms with Crippen LogP contribution in [0.25, 0.3) is 0 Å². The largest absolute Gasteiger partial charge is 0.480 e. The zero-order valence-corrected chi connectivity index (χ0v) is 10.7. The first-order chi connectivity index (χ1) is 8.82. The van der Waals surface area contributed by atoms with Crippen LogP contribution in [0.2, 0.25) is 0 Å². The van der Waals surface area contributed by atoms with Crippen molar-refractivity contribution in [3.8, 4) is 0 Å². The standard InChI is InChI=1S/C13H15NO5/c1-8-4-3-5-10(9(8)2)13(19)14(6-11(15)16)7-12(17)18/h3-5H,6-7H2,1-2H3,(H,15,16)(H,17,18). The van der Waals surface area contributed by atoms with Crippen molar-refractivity contribution in [3.63, 3.8) is 0 Å². The number of aryl methyl sites for hydroxylation is 1. The van der Waals surface area contributed by atoms with Crippen molar-refractivity contribution in [2.24, 2.45) is 0 Å². The summed E-state index contributed by atoms with van der Waals surface area (Å²) in [5.41, 5.74) is 1.92. The number of amides is 1. The van der Waals surface area contributed by atoms with E-state index in [2.05, 4.69) is 0 Å². The molecule has 6 nitrogen and oxygen atoms in total. The molecule has 2 N–H and O–H groups in total. The van der Waals surface area contributed by atoms with Gasteiger partial charge in [-0.15, -0.1) is 0 Å². The van der Waals surface area contributed by atoms with Gasteiger partial charge in [0.15, 0.2) is 0 Å². The predicted octanol–water partition coefficient (Wildman–Crippen LogP) is 0.915. The Morgan fingerprint density at radius 3 is 2.05 bits per heavy atom. The summed E-state index contributed by atoms with van der Waals surface area (Å²) in [5, 5.41) is 17.5. The van der Waals surface area contributed by atoms with E-state index in [1.54, 1.807) is 19.1 Å². The maximum atomic E-state index is 12.2. The number of aliphatic carboxylic acids is 2. The van der Waals surface area contributed by atoms with Gasteiger partial charge in [-0.25, -0.2) is 0 Å². The lowest BCUT2D eigenvalue weighted by Gasteiger charge is -2.20. The fourth-order valence-electron chi connectivity index (χ4n) is 1.68. The molecular formula is C13H15NO5. The Bertz CT molecular complexity index is 508. The monoisotopic (exact) mass is 265 g/mol. The van der Waals surface area contributed by atoms with Crippen molar-refractivity contribution in [2.75, 3.05) is 13.1 Å². The van der Waals surface area contributed by atoms with E-state index in [0.717, 1.165) is 10.5 Å². The summed E-state index contributed by atoms with van der Waals surface area (Å²) in [6.45, 7) is 2.28. The highest BCUT2D eigenvalue weighted by Gasteiger charge is 2.22. The smallest absolute Gasteiger partial charge is 0.323 e. The van der Waals surface area contributed by atoms with Gasteiger partial charge in [0, 0.05) is 5.56 Å². The number of carbonyl (C=O) groups excluding carboxylic acids is 1. The summed E-state index contributed by atoms with van der Waals surface area (Å²) in [7, 11) is 0. The fourth-order valence-corrected chi connectivity index (χ4v) is 1.68. The maximum absolute atomic E-state index is 12.2. The highest BCUT2D eigenvalue weighted by molar-refractivity contribution is 5.98. The predicted molar refractivity (Wildman–Crippen MR) is 67.1 cm³/mol. The van der Waals surface area contributed by atoms with E-state index in [1.165, 1.54) is 0 Å². The molecule has 102 valence electrons. The number of carbonyl (C=O) groups is 3. The molecule has 0 aromatic heterocycles. The molecule has 0 saturated carbocycles. The molecule has 0 aliphatic heterocycles. The first kappa shape index (κ1) is 14.7. The topological polar surface area (TPSA) is 94.9 Å². The molecule has 0 saturated heterocycles. The van der Waals surface area contributed by atoms with Gasteiger partial charge in [-0.3, -0.25) is 14.4 Å². The van der Waals surface area contributed by atoms with E-state index in [1.807, 2.05) is 13.0 Å². The Morgan fingerprint density at radius 1 is 1.05 bits per heavy atom. The van der Waals surface area contributed by atoms with Crippen molar-refractivity contribution >= 4 is 17.8 Å². The van der Waals surface area contributed by atoms with Crippen molar-refractivity contribution in [1.29, 1.82) is 0 Å². The van der Waals surface area contributed by atoms with E-state index in [-0.39, 0.29) is 0 Å². The normalized spacial score (nSPS) is 10.0. The Kier molecular flexibility index (Phi) is 4.63. The number of nitrogens with zero attached hydrogens (tertiary/aromatic N) is 1. The van der Waals surface area contributed by atoms with Gasteiger partial charge in [0.2, 0.25) is 0 Å². The molecule has 1 rings (SSSR count). The number of hydrogen-bond donors (Lipinski definition) is 2. The second-order valence-electron chi connectivity index (χ2n) is 4.20. The Morgan fingerprint density at radius 2 is 1.58 bits per heavy atom. The van der Waals surface area contributed by atoms with Crippen LogP contribution in [0.15, 0.2) is 18.2 Å². The third kappa shape index (κ3) is 3.80. The van der Waals surface area contributed by atoms with E-state index in [4.69, 9.17) is 10.2 Å². The highest BCUT2D eigenvalue weighted by Crippen LogP contribution is 2.15. The summed E-state index contributed by atoms with van der Waals surface area (Å²) in [6, 6.07) is 5.06. The lowest BCUT2D eigenvalue weighted by atomic mass is 10.0. The molecule has 6 heteroatoms. The van der Waals surface area contributed by atoms with Gasteiger partial charge in [0.05, 0.1) is 0 Å². The van der Waals surface area contributed by atoms with Crippen LogP contribution >= 0.6 is 0 Å². The molecule has 0 aliphatic rings. The van der Waals surface area contributed by atoms with Gasteiger partial charge >= 0.3 is 11.9 Å². The van der Waals surface area contributed by atoms with Crippen molar-refractivity contribution in [1.82, 2.24) is 4.90 Å². The molecule has 0 spiro atoms. The molecule has 0 aliphatic carbocycles. The van der Waals surface area contributed by atoms with Crippen LogP contribution in [0, 0.1) is 13.8 Å². The van der Waals surface area contributed by atoms with Crippen molar-refractivity contribution in [2.45, 2.75) is 13.8 Å². The van der Waals surface area contributed by atoms with Crippen molar-refractivity contribution < 1.29 is 24.6 Å². The SMILES string of the molecule is Cc1cccc(C(=O)N(CC(=O)O)CC(=O)O)c1C. The van der Waals surface area contributed by atoms with Crippen LogP contribution in [-0.4, -0.2) is 46.0 Å². The molecule has 0 atom stereocenters. The van der Waals surface area contributed by atoms with E-state index in [0.29, 0.717) is 11.1 Å². The number of rotatable bonds is 5. The molecule has 1 aromatic rings. The van der Waals surface area contributed by atoms with Crippen molar-refractivity contribution in [3.05, 3.63) is 34.9 Å². The van der Waals surface area contributed by atoms with Crippen LogP contribution in [-0.2, 0) is 9.59 Å². The number of carboxylic acids is 2. The van der Waals surface area contributed by atoms with E-state index < -0.39 is 30.9 Å². The molecule has 0 fully saturated rings. The van der Waals surface area contributed by atoms with Gasteiger partial charge < -0.3 is 15.1 Å². The minimum absolute atomic E-state index is 0.322. The van der Waals surface area contributed by atoms with Crippen LogP contribution in [0.4, 0.5) is 0 Å². The third-order valence-corrected chi connectivity index (χ3v) is 2.77. The zero-order chi connectivity index (χ0) is 14.6. The summed E-state index contributed by atoms with van der Waals surface area (Å²) >= 11 is 0. The lowest BCUT2D eigenvalue weighted by Crippen LogP contribution is -2.39. The van der Waals surface area contributed by atoms with Gasteiger partial charge in [-0.2, -0.15) is 0 Å². The van der Waals surface area contributed by atoms with Crippen LogP contribution in [0.1, 0.15) is 21.5 Å².